The molecule has 0 saturated carbocycles. The van der Waals surface area contributed by atoms with Gasteiger partial charge in [-0.25, -0.2) is 0 Å². The van der Waals surface area contributed by atoms with Gasteiger partial charge in [-0.2, -0.15) is 0 Å². The zero-order valence-corrected chi connectivity index (χ0v) is 13.2. The van der Waals surface area contributed by atoms with Gasteiger partial charge in [-0.3, -0.25) is 0 Å². The third-order valence-electron chi connectivity index (χ3n) is 3.52. The number of anilines is 1. The number of aryl methyl sites for hydroxylation is 1. The number of hydrogen-bond donors (Lipinski definition) is 1. The van der Waals surface area contributed by atoms with Crippen LogP contribution in [0.1, 0.15) is 39.7 Å². The van der Waals surface area contributed by atoms with Crippen LogP contribution in [0.25, 0.3) is 0 Å². The lowest BCUT2D eigenvalue weighted by molar-refractivity contribution is 0.487. The highest BCUT2D eigenvalue weighted by atomic mass is 15.2. The Bertz CT molecular complexity index is 360. The van der Waals surface area contributed by atoms with E-state index in [2.05, 4.69) is 69.1 Å². The summed E-state index contributed by atoms with van der Waals surface area (Å²) in [5.41, 5.74) is 2.68. The van der Waals surface area contributed by atoms with E-state index in [0.717, 1.165) is 19.6 Å². The molecule has 2 nitrogen and oxygen atoms in total. The molecule has 0 aromatic heterocycles. The van der Waals surface area contributed by atoms with Gasteiger partial charge in [0, 0.05) is 24.8 Å². The maximum absolute atomic E-state index is 3.59. The summed E-state index contributed by atoms with van der Waals surface area (Å²) >= 11 is 0. The van der Waals surface area contributed by atoms with Crippen LogP contribution in [0.5, 0.6) is 0 Å². The van der Waals surface area contributed by atoms with Crippen LogP contribution < -0.4 is 10.2 Å². The molecule has 0 bridgehead atoms. The summed E-state index contributed by atoms with van der Waals surface area (Å²) in [6, 6.07) is 9.40. The van der Waals surface area contributed by atoms with Crippen molar-refractivity contribution in [3.63, 3.8) is 0 Å². The van der Waals surface area contributed by atoms with Crippen molar-refractivity contribution in [3.8, 4) is 0 Å². The van der Waals surface area contributed by atoms with Crippen LogP contribution in [0.15, 0.2) is 24.3 Å². The van der Waals surface area contributed by atoms with Crippen molar-refractivity contribution in [2.24, 2.45) is 5.92 Å². The molecule has 0 aliphatic rings. The van der Waals surface area contributed by atoms with Gasteiger partial charge in [0.1, 0.15) is 0 Å². The van der Waals surface area contributed by atoms with Gasteiger partial charge in [-0.1, -0.05) is 32.9 Å². The molecule has 19 heavy (non-hydrogen) atoms. The van der Waals surface area contributed by atoms with Gasteiger partial charge in [0.25, 0.3) is 0 Å². The molecule has 1 aromatic carbocycles. The minimum atomic E-state index is 0.575. The number of benzene rings is 1. The lowest BCUT2D eigenvalue weighted by atomic mass is 10.1. The van der Waals surface area contributed by atoms with Crippen molar-refractivity contribution in [1.82, 2.24) is 5.32 Å². The molecule has 0 heterocycles. The number of hydrogen-bond acceptors (Lipinski definition) is 2. The van der Waals surface area contributed by atoms with Gasteiger partial charge >= 0.3 is 0 Å². The molecule has 1 rings (SSSR count). The van der Waals surface area contributed by atoms with Gasteiger partial charge in [-0.15, -0.1) is 0 Å². The first-order valence-electron chi connectivity index (χ1n) is 7.62. The average molecular weight is 262 g/mol. The van der Waals surface area contributed by atoms with E-state index in [-0.39, 0.29) is 0 Å². The zero-order valence-electron chi connectivity index (χ0n) is 13.2. The molecule has 1 unspecified atom stereocenters. The molecule has 0 aliphatic carbocycles. The fourth-order valence-electron chi connectivity index (χ4n) is 2.47. The van der Waals surface area contributed by atoms with Crippen molar-refractivity contribution in [2.75, 3.05) is 24.5 Å². The molecule has 0 radical (unpaired) electrons. The largest absolute Gasteiger partial charge is 0.368 e. The van der Waals surface area contributed by atoms with E-state index in [1.807, 2.05) is 0 Å². The van der Waals surface area contributed by atoms with Crippen LogP contribution in [0.4, 0.5) is 5.69 Å². The number of likely N-dealkylation sites (N-methyl/N-ethyl adjacent to an activating group) is 1. The summed E-state index contributed by atoms with van der Waals surface area (Å²) in [4.78, 5) is 2.51. The van der Waals surface area contributed by atoms with Gasteiger partial charge in [0.2, 0.25) is 0 Å². The van der Waals surface area contributed by atoms with E-state index in [9.17, 15) is 0 Å². The Balaban J connectivity index is 2.69. The molecular formula is C17H30N2. The number of rotatable bonds is 8. The fraction of sp³-hybridized carbons (Fsp3) is 0.647. The second-order valence-electron chi connectivity index (χ2n) is 5.74. The van der Waals surface area contributed by atoms with Crippen LogP contribution in [0.3, 0.4) is 0 Å². The van der Waals surface area contributed by atoms with Crippen LogP contribution in [0.2, 0.25) is 0 Å². The van der Waals surface area contributed by atoms with Crippen molar-refractivity contribution in [1.29, 1.82) is 0 Å². The van der Waals surface area contributed by atoms with E-state index in [4.69, 9.17) is 0 Å². The molecule has 0 amide bonds. The zero-order chi connectivity index (χ0) is 14.3. The summed E-state index contributed by atoms with van der Waals surface area (Å²) in [6.07, 6.45) is 1.17. The summed E-state index contributed by atoms with van der Waals surface area (Å²) < 4.78 is 0. The maximum Gasteiger partial charge on any atom is 0.0411 e. The third-order valence-corrected chi connectivity index (χ3v) is 3.52. The van der Waals surface area contributed by atoms with Gasteiger partial charge in [-0.05, 0) is 50.4 Å². The molecule has 2 heteroatoms. The first kappa shape index (κ1) is 16.0. The predicted molar refractivity (Wildman–Crippen MR) is 86.0 cm³/mol. The predicted octanol–water partition coefficient (Wildman–Crippen LogP) is 3.85. The van der Waals surface area contributed by atoms with Gasteiger partial charge in [0.15, 0.2) is 0 Å². The van der Waals surface area contributed by atoms with E-state index < -0.39 is 0 Å². The third kappa shape index (κ3) is 5.23. The highest BCUT2D eigenvalue weighted by Crippen LogP contribution is 2.19. The summed E-state index contributed by atoms with van der Waals surface area (Å²) in [6.45, 7) is 14.4. The summed E-state index contributed by atoms with van der Waals surface area (Å²) in [5.74, 6) is 0.714. The van der Waals surface area contributed by atoms with E-state index in [1.165, 1.54) is 17.7 Å². The normalized spacial score (nSPS) is 12.7. The topological polar surface area (TPSA) is 15.3 Å². The van der Waals surface area contributed by atoms with E-state index >= 15 is 0 Å². The Kier molecular flexibility index (Phi) is 6.93. The van der Waals surface area contributed by atoms with Crippen molar-refractivity contribution in [2.45, 2.75) is 47.1 Å². The van der Waals surface area contributed by atoms with Crippen LogP contribution in [-0.2, 0) is 0 Å². The Labute approximate surface area is 119 Å². The Morgan fingerprint density at radius 2 is 1.89 bits per heavy atom. The highest BCUT2D eigenvalue weighted by Gasteiger charge is 2.15. The van der Waals surface area contributed by atoms with Crippen molar-refractivity contribution < 1.29 is 0 Å². The molecule has 1 atom stereocenters. The van der Waals surface area contributed by atoms with Crippen LogP contribution in [-0.4, -0.2) is 25.7 Å². The molecule has 0 saturated heterocycles. The highest BCUT2D eigenvalue weighted by molar-refractivity contribution is 5.49. The Morgan fingerprint density at radius 3 is 2.42 bits per heavy atom. The Morgan fingerprint density at radius 1 is 1.16 bits per heavy atom. The second-order valence-corrected chi connectivity index (χ2v) is 5.74. The standard InChI is InChI=1S/C17H30N2/c1-6-16(13-18-12-14(3)4)19(7-2)17-10-8-9-15(5)11-17/h8-11,14,16,18H,6-7,12-13H2,1-5H3. The molecule has 0 spiro atoms. The molecule has 0 aliphatic heterocycles. The monoisotopic (exact) mass is 262 g/mol. The lowest BCUT2D eigenvalue weighted by Crippen LogP contribution is -2.43. The fourth-order valence-corrected chi connectivity index (χ4v) is 2.47. The maximum atomic E-state index is 3.59. The summed E-state index contributed by atoms with van der Waals surface area (Å²) in [7, 11) is 0. The quantitative estimate of drug-likeness (QED) is 0.765. The van der Waals surface area contributed by atoms with Gasteiger partial charge < -0.3 is 10.2 Å². The molecular weight excluding hydrogens is 232 g/mol. The SMILES string of the molecule is CCC(CNCC(C)C)N(CC)c1cccc(C)c1. The molecule has 1 N–H and O–H groups in total. The number of nitrogens with zero attached hydrogens (tertiary/aromatic N) is 1. The minimum Gasteiger partial charge on any atom is -0.368 e. The van der Waals surface area contributed by atoms with Crippen LogP contribution >= 0.6 is 0 Å². The van der Waals surface area contributed by atoms with Crippen molar-refractivity contribution >= 4 is 5.69 Å². The Hall–Kier alpha value is -1.02. The van der Waals surface area contributed by atoms with Crippen LogP contribution in [0, 0.1) is 12.8 Å². The van der Waals surface area contributed by atoms with Gasteiger partial charge in [0.05, 0.1) is 0 Å². The molecule has 1 aromatic rings. The van der Waals surface area contributed by atoms with Crippen molar-refractivity contribution in [3.05, 3.63) is 29.8 Å². The average Bonchev–Trinajstić information content (AvgIpc) is 2.37. The number of nitrogens with one attached hydrogen (secondary N) is 1. The van der Waals surface area contributed by atoms with E-state index in [1.54, 1.807) is 0 Å². The molecule has 0 fully saturated rings. The first-order chi connectivity index (χ1) is 9.08. The molecule has 108 valence electrons. The van der Waals surface area contributed by atoms with E-state index in [0.29, 0.717) is 12.0 Å². The smallest absolute Gasteiger partial charge is 0.0411 e. The summed E-state index contributed by atoms with van der Waals surface area (Å²) in [5, 5.41) is 3.59. The second kappa shape index (κ2) is 8.21. The lowest BCUT2D eigenvalue weighted by Gasteiger charge is -2.33. The minimum absolute atomic E-state index is 0.575. The first-order valence-corrected chi connectivity index (χ1v) is 7.62.